The second kappa shape index (κ2) is 9.24. The summed E-state index contributed by atoms with van der Waals surface area (Å²) < 4.78 is 10.4. The van der Waals surface area contributed by atoms with Gasteiger partial charge in [0.25, 0.3) is 5.91 Å². The van der Waals surface area contributed by atoms with E-state index in [1.165, 1.54) is 22.4 Å². The lowest BCUT2D eigenvalue weighted by Gasteiger charge is -2.09. The zero-order valence-electron chi connectivity index (χ0n) is 15.8. The Labute approximate surface area is 167 Å². The number of ether oxygens (including phenoxy) is 2. The molecule has 1 aliphatic rings. The van der Waals surface area contributed by atoms with Gasteiger partial charge in [-0.25, -0.2) is 0 Å². The Balaban J connectivity index is 1.56. The van der Waals surface area contributed by atoms with Gasteiger partial charge in [0.2, 0.25) is 0 Å². The van der Waals surface area contributed by atoms with Crippen LogP contribution in [0.2, 0.25) is 0 Å². The molecular formula is C20H21N3O4S. The summed E-state index contributed by atoms with van der Waals surface area (Å²) in [4.78, 5) is 18.4. The first kappa shape index (κ1) is 19.7. The number of nitrogens with zero attached hydrogens (tertiary/aromatic N) is 2. The van der Waals surface area contributed by atoms with Gasteiger partial charge in [-0.05, 0) is 49.4 Å². The molecule has 1 heterocycles. The SMILES string of the molecule is COc1ccc(/C=N\OCC(=O)Nc2sc3c(c2C#N)CCCC3)cc1OC. The maximum atomic E-state index is 12.1. The molecule has 0 atom stereocenters. The number of nitriles is 1. The fourth-order valence-electron chi connectivity index (χ4n) is 3.06. The number of rotatable bonds is 7. The fraction of sp³-hybridized carbons (Fsp3) is 0.350. The van der Waals surface area contributed by atoms with Crippen LogP contribution in [0.4, 0.5) is 5.00 Å². The highest BCUT2D eigenvalue weighted by Gasteiger charge is 2.21. The smallest absolute Gasteiger partial charge is 0.265 e. The number of hydrogen-bond donors (Lipinski definition) is 1. The van der Waals surface area contributed by atoms with Gasteiger partial charge < -0.3 is 19.6 Å². The number of hydrogen-bond acceptors (Lipinski definition) is 7. The fourth-order valence-corrected chi connectivity index (χ4v) is 4.32. The van der Waals surface area contributed by atoms with Crippen LogP contribution in [0.5, 0.6) is 11.5 Å². The summed E-state index contributed by atoms with van der Waals surface area (Å²) in [7, 11) is 3.12. The highest BCUT2D eigenvalue weighted by atomic mass is 32.1. The largest absolute Gasteiger partial charge is 0.493 e. The number of fused-ring (bicyclic) bond motifs is 1. The number of carbonyl (C=O) groups is 1. The lowest BCUT2D eigenvalue weighted by molar-refractivity contribution is -0.120. The number of carbonyl (C=O) groups excluding carboxylic acids is 1. The third-order valence-electron chi connectivity index (χ3n) is 4.42. The monoisotopic (exact) mass is 399 g/mol. The summed E-state index contributed by atoms with van der Waals surface area (Å²) in [6.07, 6.45) is 5.56. The summed E-state index contributed by atoms with van der Waals surface area (Å²) in [6.45, 7) is -0.239. The van der Waals surface area contributed by atoms with E-state index in [-0.39, 0.29) is 12.5 Å². The van der Waals surface area contributed by atoms with Crippen molar-refractivity contribution in [3.05, 3.63) is 39.8 Å². The Kier molecular flexibility index (Phi) is 6.50. The van der Waals surface area contributed by atoms with Crippen molar-refractivity contribution in [1.82, 2.24) is 0 Å². The van der Waals surface area contributed by atoms with Crippen molar-refractivity contribution >= 4 is 28.5 Å². The van der Waals surface area contributed by atoms with E-state index in [1.54, 1.807) is 32.4 Å². The first-order chi connectivity index (χ1) is 13.7. The van der Waals surface area contributed by atoms with Gasteiger partial charge in [0.15, 0.2) is 18.1 Å². The molecule has 0 aliphatic heterocycles. The summed E-state index contributed by atoms with van der Waals surface area (Å²) in [6, 6.07) is 7.53. The Morgan fingerprint density at radius 2 is 2.07 bits per heavy atom. The first-order valence-corrected chi connectivity index (χ1v) is 9.69. The number of amides is 1. The maximum Gasteiger partial charge on any atom is 0.265 e. The molecule has 1 aliphatic carbocycles. The van der Waals surface area contributed by atoms with Crippen LogP contribution in [0.15, 0.2) is 23.4 Å². The predicted octanol–water partition coefficient (Wildman–Crippen LogP) is 3.50. The van der Waals surface area contributed by atoms with Crippen LogP contribution in [0, 0.1) is 11.3 Å². The van der Waals surface area contributed by atoms with E-state index < -0.39 is 0 Å². The first-order valence-electron chi connectivity index (χ1n) is 8.88. The topological polar surface area (TPSA) is 92.9 Å². The molecule has 3 rings (SSSR count). The van der Waals surface area contributed by atoms with Gasteiger partial charge in [-0.1, -0.05) is 5.16 Å². The van der Waals surface area contributed by atoms with Gasteiger partial charge in [-0.15, -0.1) is 11.3 Å². The minimum atomic E-state index is -0.348. The Hall–Kier alpha value is -3.05. The van der Waals surface area contributed by atoms with Gasteiger partial charge in [0, 0.05) is 10.4 Å². The third kappa shape index (κ3) is 4.43. The molecule has 8 heteroatoms. The van der Waals surface area contributed by atoms with Crippen LogP contribution in [0.25, 0.3) is 0 Å². The number of methoxy groups -OCH3 is 2. The average molecular weight is 399 g/mol. The van der Waals surface area contributed by atoms with E-state index in [2.05, 4.69) is 16.5 Å². The lowest BCUT2D eigenvalue weighted by Crippen LogP contribution is -2.17. The van der Waals surface area contributed by atoms with E-state index in [0.717, 1.165) is 36.8 Å². The quantitative estimate of drug-likeness (QED) is 0.568. The normalized spacial score (nSPS) is 12.9. The van der Waals surface area contributed by atoms with Crippen molar-refractivity contribution in [3.8, 4) is 17.6 Å². The van der Waals surface area contributed by atoms with E-state index in [9.17, 15) is 10.1 Å². The van der Waals surface area contributed by atoms with Crippen LogP contribution in [0.1, 0.15) is 34.4 Å². The summed E-state index contributed by atoms with van der Waals surface area (Å²) >= 11 is 1.48. The van der Waals surface area contributed by atoms with E-state index in [4.69, 9.17) is 14.3 Å². The van der Waals surface area contributed by atoms with Crippen molar-refractivity contribution in [2.45, 2.75) is 25.7 Å². The molecule has 28 heavy (non-hydrogen) atoms. The van der Waals surface area contributed by atoms with Gasteiger partial charge in [0.1, 0.15) is 11.1 Å². The molecule has 7 nitrogen and oxygen atoms in total. The van der Waals surface area contributed by atoms with Gasteiger partial charge in [0.05, 0.1) is 26.0 Å². The Bertz CT molecular complexity index is 930. The number of thiophene rings is 1. The van der Waals surface area contributed by atoms with Crippen LogP contribution >= 0.6 is 11.3 Å². The molecule has 0 spiro atoms. The third-order valence-corrected chi connectivity index (χ3v) is 5.62. The van der Waals surface area contributed by atoms with Crippen molar-refractivity contribution < 1.29 is 19.1 Å². The summed E-state index contributed by atoms with van der Waals surface area (Å²) in [5.41, 5.74) is 2.42. The zero-order chi connectivity index (χ0) is 19.9. The summed E-state index contributed by atoms with van der Waals surface area (Å²) in [5.74, 6) is 0.848. The molecule has 146 valence electrons. The number of benzene rings is 1. The summed E-state index contributed by atoms with van der Waals surface area (Å²) in [5, 5.41) is 16.6. The van der Waals surface area contributed by atoms with Crippen molar-refractivity contribution in [1.29, 1.82) is 5.26 Å². The second-order valence-corrected chi connectivity index (χ2v) is 7.30. The number of anilines is 1. The van der Waals surface area contributed by atoms with Crippen LogP contribution in [-0.4, -0.2) is 32.9 Å². The van der Waals surface area contributed by atoms with Crippen LogP contribution in [0.3, 0.4) is 0 Å². The molecule has 0 saturated heterocycles. The molecule has 1 amide bonds. The van der Waals surface area contributed by atoms with Crippen LogP contribution < -0.4 is 14.8 Å². The van der Waals surface area contributed by atoms with E-state index in [0.29, 0.717) is 22.1 Å². The van der Waals surface area contributed by atoms with Crippen molar-refractivity contribution in [3.63, 3.8) is 0 Å². The van der Waals surface area contributed by atoms with Crippen LogP contribution in [-0.2, 0) is 22.5 Å². The maximum absolute atomic E-state index is 12.1. The van der Waals surface area contributed by atoms with Gasteiger partial charge >= 0.3 is 0 Å². The number of aryl methyl sites for hydroxylation is 1. The zero-order valence-corrected chi connectivity index (χ0v) is 16.6. The Morgan fingerprint density at radius 3 is 2.82 bits per heavy atom. The highest BCUT2D eigenvalue weighted by Crippen LogP contribution is 2.37. The second-order valence-electron chi connectivity index (χ2n) is 6.20. The molecule has 0 bridgehead atoms. The molecule has 0 unspecified atom stereocenters. The van der Waals surface area contributed by atoms with E-state index >= 15 is 0 Å². The molecule has 1 aromatic carbocycles. The standard InChI is InChI=1S/C20H21N3O4S/c1-25-16-8-7-13(9-17(16)26-2)11-22-27-12-19(24)23-20-15(10-21)14-5-3-4-6-18(14)28-20/h7-9,11H,3-6,12H2,1-2H3,(H,23,24)/b22-11-. The number of oxime groups is 1. The van der Waals surface area contributed by atoms with Gasteiger partial charge in [-0.2, -0.15) is 5.26 Å². The Morgan fingerprint density at radius 1 is 1.29 bits per heavy atom. The molecule has 0 fully saturated rings. The average Bonchev–Trinajstić information content (AvgIpc) is 3.07. The molecule has 1 N–H and O–H groups in total. The van der Waals surface area contributed by atoms with Crippen molar-refractivity contribution in [2.75, 3.05) is 26.1 Å². The lowest BCUT2D eigenvalue weighted by atomic mass is 9.96. The van der Waals surface area contributed by atoms with E-state index in [1.807, 2.05) is 0 Å². The van der Waals surface area contributed by atoms with Gasteiger partial charge in [-0.3, -0.25) is 4.79 Å². The minimum Gasteiger partial charge on any atom is -0.493 e. The van der Waals surface area contributed by atoms with Crippen molar-refractivity contribution in [2.24, 2.45) is 5.16 Å². The molecule has 1 aromatic heterocycles. The number of nitrogens with one attached hydrogen (secondary N) is 1. The highest BCUT2D eigenvalue weighted by molar-refractivity contribution is 7.16. The predicted molar refractivity (Wildman–Crippen MR) is 107 cm³/mol. The minimum absolute atomic E-state index is 0.239. The molecule has 0 radical (unpaired) electrons. The molecular weight excluding hydrogens is 378 g/mol. The molecule has 2 aromatic rings. The molecule has 0 saturated carbocycles.